The number of hydrogen-bond acceptors (Lipinski definition) is 6. The molecule has 0 unspecified atom stereocenters. The lowest BCUT2D eigenvalue weighted by atomic mass is 9.97. The molecular weight excluding hydrogens is 366 g/mol. The Balaban J connectivity index is 1.49. The molecule has 9 heteroatoms. The molecule has 1 aliphatic carbocycles. The monoisotopic (exact) mass is 383 g/mol. The van der Waals surface area contributed by atoms with E-state index >= 15 is 0 Å². The summed E-state index contributed by atoms with van der Waals surface area (Å²) in [7, 11) is 0. The van der Waals surface area contributed by atoms with Crippen LogP contribution in [0.25, 0.3) is 15.9 Å². The highest BCUT2D eigenvalue weighted by atomic mass is 32.1. The Morgan fingerprint density at radius 1 is 1.33 bits per heavy atom. The van der Waals surface area contributed by atoms with Gasteiger partial charge in [-0.05, 0) is 43.4 Å². The summed E-state index contributed by atoms with van der Waals surface area (Å²) in [4.78, 5) is 31.6. The minimum Gasteiger partial charge on any atom is -0.467 e. The fourth-order valence-corrected chi connectivity index (χ4v) is 4.80. The van der Waals surface area contributed by atoms with E-state index in [-0.39, 0.29) is 24.7 Å². The molecule has 1 N–H and O–H groups in total. The van der Waals surface area contributed by atoms with Gasteiger partial charge in [0.15, 0.2) is 5.65 Å². The molecule has 0 aromatic carbocycles. The maximum atomic E-state index is 12.7. The second-order valence-corrected chi connectivity index (χ2v) is 7.71. The third kappa shape index (κ3) is 2.74. The molecule has 0 aliphatic heterocycles. The summed E-state index contributed by atoms with van der Waals surface area (Å²) in [5, 5.41) is 8.15. The van der Waals surface area contributed by atoms with Gasteiger partial charge in [-0.25, -0.2) is 18.9 Å². The Hall–Kier alpha value is -2.94. The molecule has 138 valence electrons. The van der Waals surface area contributed by atoms with E-state index in [0.717, 1.165) is 29.5 Å². The standard InChI is InChI=1S/C18H17N5O3S/c24-14(19-8-11-4-3-7-26-11)9-23-18(25)22-10-20-17-15(16(22)21-23)12-5-1-2-6-13(12)27-17/h3-4,7,10H,1-2,5-6,8-9H2,(H,19,24). The van der Waals surface area contributed by atoms with Crippen molar-refractivity contribution in [2.45, 2.75) is 38.8 Å². The van der Waals surface area contributed by atoms with Gasteiger partial charge in [0.2, 0.25) is 5.91 Å². The molecule has 0 radical (unpaired) electrons. The van der Waals surface area contributed by atoms with Crippen LogP contribution in [0.15, 0.2) is 33.9 Å². The number of furan rings is 1. The third-order valence-electron chi connectivity index (χ3n) is 4.87. The van der Waals surface area contributed by atoms with Gasteiger partial charge in [0.05, 0.1) is 18.2 Å². The van der Waals surface area contributed by atoms with Crippen LogP contribution in [0.1, 0.15) is 29.0 Å². The van der Waals surface area contributed by atoms with Crippen molar-refractivity contribution >= 4 is 33.1 Å². The topological polar surface area (TPSA) is 94.4 Å². The van der Waals surface area contributed by atoms with Gasteiger partial charge < -0.3 is 9.73 Å². The van der Waals surface area contributed by atoms with Gasteiger partial charge in [-0.1, -0.05) is 0 Å². The van der Waals surface area contributed by atoms with E-state index in [2.05, 4.69) is 15.4 Å². The third-order valence-corrected chi connectivity index (χ3v) is 6.07. The molecule has 0 saturated carbocycles. The molecule has 4 aromatic rings. The molecule has 0 bridgehead atoms. The largest absolute Gasteiger partial charge is 0.467 e. The maximum absolute atomic E-state index is 12.7. The second-order valence-electron chi connectivity index (χ2n) is 6.63. The summed E-state index contributed by atoms with van der Waals surface area (Å²) in [6.45, 7) is 0.132. The molecule has 27 heavy (non-hydrogen) atoms. The number of amides is 1. The van der Waals surface area contributed by atoms with E-state index in [9.17, 15) is 9.59 Å². The number of aromatic nitrogens is 4. The molecule has 0 fully saturated rings. The van der Waals surface area contributed by atoms with E-state index in [1.54, 1.807) is 29.7 Å². The number of aryl methyl sites for hydroxylation is 2. The zero-order chi connectivity index (χ0) is 18.4. The highest BCUT2D eigenvalue weighted by Crippen LogP contribution is 2.36. The maximum Gasteiger partial charge on any atom is 0.352 e. The number of rotatable bonds is 4. The number of hydrogen-bond donors (Lipinski definition) is 1. The molecule has 0 saturated heterocycles. The van der Waals surface area contributed by atoms with Gasteiger partial charge >= 0.3 is 5.69 Å². The van der Waals surface area contributed by atoms with Gasteiger partial charge in [-0.3, -0.25) is 4.79 Å². The summed E-state index contributed by atoms with van der Waals surface area (Å²) < 4.78 is 7.82. The Bertz CT molecular complexity index is 1200. The SMILES string of the molecule is O=C(Cn1nc2c3c4c(sc3ncn2c1=O)CCCC4)NCc1ccco1. The smallest absolute Gasteiger partial charge is 0.352 e. The van der Waals surface area contributed by atoms with Gasteiger partial charge in [-0.15, -0.1) is 16.4 Å². The van der Waals surface area contributed by atoms with Crippen LogP contribution in [-0.2, 0) is 30.7 Å². The summed E-state index contributed by atoms with van der Waals surface area (Å²) in [5.41, 5.74) is 1.49. The normalized spacial score (nSPS) is 13.9. The summed E-state index contributed by atoms with van der Waals surface area (Å²) in [5.74, 6) is 0.356. The first-order valence-corrected chi connectivity index (χ1v) is 9.70. The van der Waals surface area contributed by atoms with E-state index in [0.29, 0.717) is 11.4 Å². The number of nitrogens with zero attached hydrogens (tertiary/aromatic N) is 4. The molecule has 4 aromatic heterocycles. The molecule has 0 spiro atoms. The zero-order valence-electron chi connectivity index (χ0n) is 14.5. The number of carbonyl (C=O) groups is 1. The minimum atomic E-state index is -0.358. The first-order valence-electron chi connectivity index (χ1n) is 8.88. The van der Waals surface area contributed by atoms with Crippen LogP contribution < -0.4 is 11.0 Å². The predicted molar refractivity (Wildman–Crippen MR) is 99.8 cm³/mol. The highest BCUT2D eigenvalue weighted by molar-refractivity contribution is 7.19. The van der Waals surface area contributed by atoms with Gasteiger partial charge in [-0.2, -0.15) is 0 Å². The van der Waals surface area contributed by atoms with Crippen molar-refractivity contribution in [3.05, 3.63) is 51.4 Å². The molecule has 8 nitrogen and oxygen atoms in total. The second kappa shape index (κ2) is 6.34. The van der Waals surface area contributed by atoms with Crippen LogP contribution in [0.3, 0.4) is 0 Å². The van der Waals surface area contributed by atoms with Crippen LogP contribution >= 0.6 is 11.3 Å². The molecular formula is C18H17N5O3S. The van der Waals surface area contributed by atoms with Crippen LogP contribution in [0, 0.1) is 0 Å². The number of nitrogens with one attached hydrogen (secondary N) is 1. The highest BCUT2D eigenvalue weighted by Gasteiger charge is 2.22. The Morgan fingerprint density at radius 2 is 2.22 bits per heavy atom. The van der Waals surface area contributed by atoms with Gasteiger partial charge in [0.1, 0.15) is 23.5 Å². The average Bonchev–Trinajstić information content (AvgIpc) is 3.38. The Kier molecular flexibility index (Phi) is 3.82. The van der Waals surface area contributed by atoms with E-state index in [4.69, 9.17) is 4.42 Å². The lowest BCUT2D eigenvalue weighted by Crippen LogP contribution is -2.32. The average molecular weight is 383 g/mol. The minimum absolute atomic E-state index is 0.144. The van der Waals surface area contributed by atoms with Gasteiger partial charge in [0.25, 0.3) is 0 Å². The van der Waals surface area contributed by atoms with Gasteiger partial charge in [0, 0.05) is 4.88 Å². The molecule has 1 amide bonds. The van der Waals surface area contributed by atoms with Crippen molar-refractivity contribution in [3.63, 3.8) is 0 Å². The number of fused-ring (bicyclic) bond motifs is 5. The van der Waals surface area contributed by atoms with Crippen LogP contribution in [0.4, 0.5) is 0 Å². The zero-order valence-corrected chi connectivity index (χ0v) is 15.3. The summed E-state index contributed by atoms with van der Waals surface area (Å²) in [6.07, 6.45) is 7.43. The predicted octanol–water partition coefficient (Wildman–Crippen LogP) is 1.89. The number of carbonyl (C=O) groups excluding carboxylic acids is 1. The van der Waals surface area contributed by atoms with Crippen LogP contribution in [-0.4, -0.2) is 25.1 Å². The van der Waals surface area contributed by atoms with Crippen molar-refractivity contribution in [2.24, 2.45) is 0 Å². The van der Waals surface area contributed by atoms with Crippen molar-refractivity contribution in [2.75, 3.05) is 0 Å². The number of thiophene rings is 1. The van der Waals surface area contributed by atoms with Crippen molar-refractivity contribution in [3.8, 4) is 0 Å². The fraction of sp³-hybridized carbons (Fsp3) is 0.333. The van der Waals surface area contributed by atoms with Crippen molar-refractivity contribution < 1.29 is 9.21 Å². The van der Waals surface area contributed by atoms with E-state index in [1.165, 1.54) is 32.3 Å². The summed E-state index contributed by atoms with van der Waals surface area (Å²) >= 11 is 1.68. The van der Waals surface area contributed by atoms with E-state index < -0.39 is 0 Å². The first-order chi connectivity index (χ1) is 13.2. The quantitative estimate of drug-likeness (QED) is 0.581. The lowest BCUT2D eigenvalue weighted by molar-refractivity contribution is -0.122. The van der Waals surface area contributed by atoms with Crippen molar-refractivity contribution in [1.82, 2.24) is 24.5 Å². The fourth-order valence-electron chi connectivity index (χ4n) is 3.57. The van der Waals surface area contributed by atoms with E-state index in [1.807, 2.05) is 0 Å². The Morgan fingerprint density at radius 3 is 3.07 bits per heavy atom. The lowest BCUT2D eigenvalue weighted by Gasteiger charge is -2.09. The molecule has 1 aliphatic rings. The van der Waals surface area contributed by atoms with Crippen LogP contribution in [0.5, 0.6) is 0 Å². The summed E-state index contributed by atoms with van der Waals surface area (Å²) in [6, 6.07) is 3.54. The van der Waals surface area contributed by atoms with Crippen LogP contribution in [0.2, 0.25) is 0 Å². The molecule has 5 rings (SSSR count). The van der Waals surface area contributed by atoms with Crippen molar-refractivity contribution in [1.29, 1.82) is 0 Å². The molecule has 4 heterocycles. The Labute approximate surface area is 157 Å². The molecule has 0 atom stereocenters. The first kappa shape index (κ1) is 16.2.